The largest absolute Gasteiger partial charge is 0.287 e. The van der Waals surface area contributed by atoms with E-state index in [0.29, 0.717) is 5.75 Å². The van der Waals surface area contributed by atoms with Gasteiger partial charge in [0, 0.05) is 5.69 Å². The smallest absolute Gasteiger partial charge is 0.124 e. The molecule has 0 aromatic heterocycles. The highest BCUT2D eigenvalue weighted by atomic mass is 32.2. The Labute approximate surface area is 93.2 Å². The maximum absolute atomic E-state index is 12.0. The van der Waals surface area contributed by atoms with Gasteiger partial charge in [-0.2, -0.15) is 0 Å². The lowest BCUT2D eigenvalue weighted by atomic mass is 10.1. The standard InChI is InChI=1S/C12H15NOS/c1-10-8-13(15(14)9-11(10)2)12-6-4-3-5-7-12/h3-7H,8-9H2,1-2H3/t15-/m1/s1. The molecule has 0 saturated carbocycles. The van der Waals surface area contributed by atoms with Crippen molar-refractivity contribution in [2.24, 2.45) is 0 Å². The molecule has 0 radical (unpaired) electrons. The average molecular weight is 221 g/mol. The quantitative estimate of drug-likeness (QED) is 0.667. The highest BCUT2D eigenvalue weighted by Gasteiger charge is 2.20. The second-order valence-electron chi connectivity index (χ2n) is 3.90. The monoisotopic (exact) mass is 221 g/mol. The molecule has 1 aliphatic rings. The van der Waals surface area contributed by atoms with Crippen LogP contribution in [0.15, 0.2) is 41.5 Å². The molecule has 80 valence electrons. The first-order valence-corrected chi connectivity index (χ1v) is 6.32. The zero-order valence-electron chi connectivity index (χ0n) is 9.06. The van der Waals surface area contributed by atoms with Gasteiger partial charge in [0.15, 0.2) is 0 Å². The van der Waals surface area contributed by atoms with Crippen molar-refractivity contribution in [3.05, 3.63) is 41.5 Å². The van der Waals surface area contributed by atoms with E-state index >= 15 is 0 Å². The number of benzene rings is 1. The van der Waals surface area contributed by atoms with Gasteiger partial charge >= 0.3 is 0 Å². The van der Waals surface area contributed by atoms with Gasteiger partial charge in [0.25, 0.3) is 0 Å². The summed E-state index contributed by atoms with van der Waals surface area (Å²) in [4.78, 5) is 0. The van der Waals surface area contributed by atoms with Crippen molar-refractivity contribution in [2.45, 2.75) is 13.8 Å². The summed E-state index contributed by atoms with van der Waals surface area (Å²) in [5.74, 6) is 0.667. The molecule has 1 atom stereocenters. The van der Waals surface area contributed by atoms with Crippen molar-refractivity contribution >= 4 is 16.7 Å². The lowest BCUT2D eigenvalue weighted by Gasteiger charge is -2.29. The molecule has 2 nitrogen and oxygen atoms in total. The van der Waals surface area contributed by atoms with Crippen LogP contribution in [-0.2, 0) is 11.0 Å². The van der Waals surface area contributed by atoms with Crippen molar-refractivity contribution in [3.63, 3.8) is 0 Å². The summed E-state index contributed by atoms with van der Waals surface area (Å²) in [5, 5.41) is 0. The highest BCUT2D eigenvalue weighted by Crippen LogP contribution is 2.23. The lowest BCUT2D eigenvalue weighted by Crippen LogP contribution is -2.34. The molecule has 0 unspecified atom stereocenters. The van der Waals surface area contributed by atoms with E-state index in [1.165, 1.54) is 11.1 Å². The van der Waals surface area contributed by atoms with Crippen LogP contribution < -0.4 is 4.31 Å². The van der Waals surface area contributed by atoms with Crippen LogP contribution in [0.4, 0.5) is 5.69 Å². The molecule has 3 heteroatoms. The Bertz CT molecular complexity index is 411. The average Bonchev–Trinajstić information content (AvgIpc) is 2.25. The number of hydrogen-bond donors (Lipinski definition) is 0. The van der Waals surface area contributed by atoms with E-state index in [9.17, 15) is 4.21 Å². The summed E-state index contributed by atoms with van der Waals surface area (Å²) >= 11 is 0. The van der Waals surface area contributed by atoms with Crippen LogP contribution in [0.2, 0.25) is 0 Å². The van der Waals surface area contributed by atoms with E-state index in [1.807, 2.05) is 34.6 Å². The number of para-hydroxylation sites is 1. The summed E-state index contributed by atoms with van der Waals surface area (Å²) in [5.41, 5.74) is 3.64. The van der Waals surface area contributed by atoms with Gasteiger partial charge < -0.3 is 0 Å². The van der Waals surface area contributed by atoms with E-state index in [-0.39, 0.29) is 0 Å². The van der Waals surface area contributed by atoms with Gasteiger partial charge in [-0.25, -0.2) is 4.21 Å². The van der Waals surface area contributed by atoms with Crippen LogP contribution in [0, 0.1) is 0 Å². The van der Waals surface area contributed by atoms with E-state index in [2.05, 4.69) is 13.8 Å². The molecule has 2 rings (SSSR count). The third-order valence-corrected chi connectivity index (χ3v) is 4.25. The minimum Gasteiger partial charge on any atom is -0.287 e. The van der Waals surface area contributed by atoms with E-state index < -0.39 is 11.0 Å². The molecule has 0 spiro atoms. The van der Waals surface area contributed by atoms with Crippen LogP contribution in [0.1, 0.15) is 13.8 Å². The Morgan fingerprint density at radius 2 is 1.80 bits per heavy atom. The van der Waals surface area contributed by atoms with Crippen molar-refractivity contribution < 1.29 is 4.21 Å². The number of anilines is 1. The topological polar surface area (TPSA) is 20.3 Å². The number of nitrogens with zero attached hydrogens (tertiary/aromatic N) is 1. The Kier molecular flexibility index (Phi) is 2.91. The molecule has 0 saturated heterocycles. The van der Waals surface area contributed by atoms with E-state index in [1.54, 1.807) is 0 Å². The molecule has 15 heavy (non-hydrogen) atoms. The first-order valence-electron chi connectivity index (χ1n) is 5.05. The Balaban J connectivity index is 2.29. The fourth-order valence-electron chi connectivity index (χ4n) is 1.61. The maximum atomic E-state index is 12.0. The third kappa shape index (κ3) is 2.12. The molecular formula is C12H15NOS. The third-order valence-electron chi connectivity index (χ3n) is 2.74. The minimum atomic E-state index is -0.904. The molecule has 1 heterocycles. The fourth-order valence-corrected chi connectivity index (χ4v) is 3.08. The number of hydrogen-bond acceptors (Lipinski definition) is 1. The van der Waals surface area contributed by atoms with Crippen molar-refractivity contribution in [1.29, 1.82) is 0 Å². The number of rotatable bonds is 1. The van der Waals surface area contributed by atoms with Gasteiger partial charge in [0.05, 0.1) is 12.3 Å². The van der Waals surface area contributed by atoms with Crippen LogP contribution in [0.25, 0.3) is 0 Å². The zero-order valence-corrected chi connectivity index (χ0v) is 9.88. The molecule has 0 bridgehead atoms. The maximum Gasteiger partial charge on any atom is 0.124 e. The Hall–Kier alpha value is -1.09. The van der Waals surface area contributed by atoms with Gasteiger partial charge in [0.1, 0.15) is 11.0 Å². The summed E-state index contributed by atoms with van der Waals surface area (Å²) in [6.07, 6.45) is 0. The Morgan fingerprint density at radius 1 is 1.13 bits per heavy atom. The summed E-state index contributed by atoms with van der Waals surface area (Å²) in [6.45, 7) is 4.96. The Morgan fingerprint density at radius 3 is 2.47 bits per heavy atom. The van der Waals surface area contributed by atoms with Crippen LogP contribution >= 0.6 is 0 Å². The molecular weight excluding hydrogens is 206 g/mol. The van der Waals surface area contributed by atoms with Crippen LogP contribution in [0.5, 0.6) is 0 Å². The van der Waals surface area contributed by atoms with Crippen molar-refractivity contribution in [2.75, 3.05) is 16.6 Å². The SMILES string of the molecule is CC1=C(C)C[S@@](=O)N(c2ccccc2)C1. The van der Waals surface area contributed by atoms with E-state index in [4.69, 9.17) is 0 Å². The zero-order chi connectivity index (χ0) is 10.8. The van der Waals surface area contributed by atoms with Gasteiger partial charge in [-0.15, -0.1) is 0 Å². The normalized spacial score (nSPS) is 22.0. The summed E-state index contributed by atoms with van der Waals surface area (Å²) < 4.78 is 13.9. The van der Waals surface area contributed by atoms with Gasteiger partial charge in [0.2, 0.25) is 0 Å². The van der Waals surface area contributed by atoms with Gasteiger partial charge in [-0.3, -0.25) is 4.31 Å². The molecule has 0 aliphatic carbocycles. The van der Waals surface area contributed by atoms with Gasteiger partial charge in [-0.05, 0) is 26.0 Å². The molecule has 1 aliphatic heterocycles. The summed E-state index contributed by atoms with van der Waals surface area (Å²) in [6, 6.07) is 9.95. The predicted molar refractivity (Wildman–Crippen MR) is 65.2 cm³/mol. The van der Waals surface area contributed by atoms with Crippen LogP contribution in [-0.4, -0.2) is 16.5 Å². The van der Waals surface area contributed by atoms with Crippen LogP contribution in [0.3, 0.4) is 0 Å². The van der Waals surface area contributed by atoms with Crippen molar-refractivity contribution in [1.82, 2.24) is 0 Å². The first kappa shape index (κ1) is 10.4. The highest BCUT2D eigenvalue weighted by molar-refractivity contribution is 7.86. The molecule has 1 aromatic carbocycles. The fraction of sp³-hybridized carbons (Fsp3) is 0.333. The minimum absolute atomic E-state index is 0.667. The molecule has 0 N–H and O–H groups in total. The second kappa shape index (κ2) is 4.19. The van der Waals surface area contributed by atoms with Crippen molar-refractivity contribution in [3.8, 4) is 0 Å². The lowest BCUT2D eigenvalue weighted by molar-refractivity contribution is 0.679. The summed E-state index contributed by atoms with van der Waals surface area (Å²) in [7, 11) is -0.904. The molecule has 0 amide bonds. The molecule has 1 aromatic rings. The predicted octanol–water partition coefficient (Wildman–Crippen LogP) is 2.51. The van der Waals surface area contributed by atoms with Gasteiger partial charge in [-0.1, -0.05) is 29.3 Å². The first-order chi connectivity index (χ1) is 7.18. The second-order valence-corrected chi connectivity index (χ2v) is 5.27. The molecule has 0 fully saturated rings. The van der Waals surface area contributed by atoms with E-state index in [0.717, 1.165) is 12.2 Å².